The molecule has 0 saturated carbocycles. The van der Waals surface area contributed by atoms with Crippen LogP contribution in [-0.4, -0.2) is 50.5 Å². The molecule has 10 heteroatoms. The van der Waals surface area contributed by atoms with E-state index in [0.717, 1.165) is 6.26 Å². The second kappa shape index (κ2) is 8.17. The van der Waals surface area contributed by atoms with Gasteiger partial charge in [0.15, 0.2) is 9.84 Å². The Balaban J connectivity index is 1.83. The molecule has 9 nitrogen and oxygen atoms in total. The molecule has 1 saturated heterocycles. The van der Waals surface area contributed by atoms with Gasteiger partial charge >= 0.3 is 6.03 Å². The number of hydrogen-bond donors (Lipinski definition) is 3. The van der Waals surface area contributed by atoms with Gasteiger partial charge in [-0.05, 0) is 37.6 Å². The van der Waals surface area contributed by atoms with Crippen LogP contribution >= 0.6 is 0 Å². The highest BCUT2D eigenvalue weighted by Gasteiger charge is 2.29. The number of piperidine rings is 1. The number of urea groups is 1. The molecular formula is C16H22N4O5S. The molecule has 1 heterocycles. The molecule has 1 aromatic rings. The highest BCUT2D eigenvalue weighted by molar-refractivity contribution is 7.90. The fourth-order valence-electron chi connectivity index (χ4n) is 2.60. The number of rotatable bonds is 4. The predicted molar refractivity (Wildman–Crippen MR) is 94.8 cm³/mol. The first-order chi connectivity index (χ1) is 12.2. The van der Waals surface area contributed by atoms with E-state index in [-0.39, 0.29) is 22.6 Å². The smallest absolute Gasteiger partial charge is 0.337 e. The minimum Gasteiger partial charge on any atom is -0.342 e. The molecule has 3 N–H and O–H groups in total. The second-order valence-electron chi connectivity index (χ2n) is 6.03. The van der Waals surface area contributed by atoms with E-state index >= 15 is 0 Å². The molecule has 0 spiro atoms. The van der Waals surface area contributed by atoms with E-state index in [2.05, 4.69) is 16.2 Å². The zero-order chi connectivity index (χ0) is 19.3. The number of amides is 4. The maximum absolute atomic E-state index is 12.1. The maximum atomic E-state index is 12.1. The van der Waals surface area contributed by atoms with Crippen LogP contribution in [0, 0.1) is 5.92 Å². The van der Waals surface area contributed by atoms with Gasteiger partial charge in [-0.25, -0.2) is 18.6 Å². The molecular weight excluding hydrogens is 360 g/mol. The predicted octanol–water partition coefficient (Wildman–Crippen LogP) is 0.501. The third-order valence-corrected chi connectivity index (χ3v) is 5.22. The Morgan fingerprint density at radius 3 is 2.42 bits per heavy atom. The number of sulfone groups is 1. The van der Waals surface area contributed by atoms with Gasteiger partial charge in [0.2, 0.25) is 11.8 Å². The number of nitrogens with one attached hydrogen (secondary N) is 3. The van der Waals surface area contributed by atoms with Crippen molar-refractivity contribution in [2.24, 2.45) is 5.92 Å². The molecule has 2 rings (SSSR count). The van der Waals surface area contributed by atoms with E-state index in [1.165, 1.54) is 24.3 Å². The third kappa shape index (κ3) is 5.19. The van der Waals surface area contributed by atoms with Crippen molar-refractivity contribution in [1.82, 2.24) is 15.8 Å². The molecule has 0 aromatic heterocycles. The Hall–Kier alpha value is -2.62. The summed E-state index contributed by atoms with van der Waals surface area (Å²) in [5.74, 6) is -0.708. The summed E-state index contributed by atoms with van der Waals surface area (Å²) in [6.07, 6.45) is 1.85. The van der Waals surface area contributed by atoms with Gasteiger partial charge in [-0.2, -0.15) is 0 Å². The van der Waals surface area contributed by atoms with E-state index in [1.807, 2.05) is 6.92 Å². The summed E-state index contributed by atoms with van der Waals surface area (Å²) in [7, 11) is -3.31. The van der Waals surface area contributed by atoms with Gasteiger partial charge < -0.3 is 10.2 Å². The SMILES string of the molecule is CCN1CC(C(=O)NNC(=O)Nc2ccc(S(C)(=O)=O)cc2)CCC1=O. The van der Waals surface area contributed by atoms with Crippen molar-refractivity contribution in [1.29, 1.82) is 0 Å². The molecule has 1 aliphatic heterocycles. The molecule has 0 aliphatic carbocycles. The van der Waals surface area contributed by atoms with Gasteiger partial charge in [0.05, 0.1) is 10.8 Å². The number of anilines is 1. The second-order valence-corrected chi connectivity index (χ2v) is 8.05. The van der Waals surface area contributed by atoms with Crippen molar-refractivity contribution in [3.63, 3.8) is 0 Å². The molecule has 1 fully saturated rings. The lowest BCUT2D eigenvalue weighted by molar-refractivity contribution is -0.138. The number of carbonyl (C=O) groups excluding carboxylic acids is 3. The van der Waals surface area contributed by atoms with Crippen LogP contribution in [0.2, 0.25) is 0 Å². The van der Waals surface area contributed by atoms with Crippen molar-refractivity contribution >= 4 is 33.4 Å². The summed E-state index contributed by atoms with van der Waals surface area (Å²) >= 11 is 0. The first kappa shape index (κ1) is 19.7. The Bertz CT molecular complexity index is 791. The van der Waals surface area contributed by atoms with Gasteiger partial charge in [0.1, 0.15) is 0 Å². The zero-order valence-corrected chi connectivity index (χ0v) is 15.4. The van der Waals surface area contributed by atoms with E-state index in [1.54, 1.807) is 4.90 Å². The lowest BCUT2D eigenvalue weighted by Gasteiger charge is -2.30. The monoisotopic (exact) mass is 382 g/mol. The number of hydrazine groups is 1. The third-order valence-electron chi connectivity index (χ3n) is 4.09. The fraction of sp³-hybridized carbons (Fsp3) is 0.438. The summed E-state index contributed by atoms with van der Waals surface area (Å²) in [5.41, 5.74) is 4.96. The Morgan fingerprint density at radius 1 is 1.19 bits per heavy atom. The standard InChI is InChI=1S/C16H22N4O5S/c1-3-20-10-11(4-9-14(20)21)15(22)18-19-16(23)17-12-5-7-13(8-6-12)26(2,24)25/h5-8,11H,3-4,9-10H2,1-2H3,(H,18,22)(H2,17,19,23). The molecule has 0 bridgehead atoms. The molecule has 142 valence electrons. The highest BCUT2D eigenvalue weighted by atomic mass is 32.2. The van der Waals surface area contributed by atoms with Gasteiger partial charge in [0.25, 0.3) is 0 Å². The van der Waals surface area contributed by atoms with Crippen molar-refractivity contribution in [2.45, 2.75) is 24.7 Å². The maximum Gasteiger partial charge on any atom is 0.337 e. The van der Waals surface area contributed by atoms with Crippen LogP contribution in [-0.2, 0) is 19.4 Å². The van der Waals surface area contributed by atoms with Crippen molar-refractivity contribution in [2.75, 3.05) is 24.7 Å². The average Bonchev–Trinajstić information content (AvgIpc) is 2.59. The molecule has 1 atom stereocenters. The summed E-state index contributed by atoms with van der Waals surface area (Å²) in [5, 5.41) is 2.48. The molecule has 0 radical (unpaired) electrons. The first-order valence-electron chi connectivity index (χ1n) is 8.15. The van der Waals surface area contributed by atoms with Crippen LogP contribution in [0.15, 0.2) is 29.2 Å². The zero-order valence-electron chi connectivity index (χ0n) is 14.6. The summed E-state index contributed by atoms with van der Waals surface area (Å²) < 4.78 is 22.8. The van der Waals surface area contributed by atoms with Crippen molar-refractivity contribution in [3.05, 3.63) is 24.3 Å². The highest BCUT2D eigenvalue weighted by Crippen LogP contribution is 2.17. The molecule has 1 aliphatic rings. The quantitative estimate of drug-likeness (QED) is 0.654. The minimum absolute atomic E-state index is 0.0276. The van der Waals surface area contributed by atoms with Crippen molar-refractivity contribution in [3.8, 4) is 0 Å². The summed E-state index contributed by atoms with van der Waals surface area (Å²) in [6.45, 7) is 2.72. The van der Waals surface area contributed by atoms with Crippen LogP contribution in [0.1, 0.15) is 19.8 Å². The van der Waals surface area contributed by atoms with Gasteiger partial charge in [-0.3, -0.25) is 15.0 Å². The van der Waals surface area contributed by atoms with E-state index in [0.29, 0.717) is 31.6 Å². The van der Waals surface area contributed by atoms with Crippen LogP contribution in [0.25, 0.3) is 0 Å². The molecule has 26 heavy (non-hydrogen) atoms. The number of hydrogen-bond acceptors (Lipinski definition) is 5. The Kier molecular flexibility index (Phi) is 6.19. The van der Waals surface area contributed by atoms with Crippen molar-refractivity contribution < 1.29 is 22.8 Å². The van der Waals surface area contributed by atoms with E-state index in [4.69, 9.17) is 0 Å². The molecule has 4 amide bonds. The fourth-order valence-corrected chi connectivity index (χ4v) is 3.23. The number of likely N-dealkylation sites (tertiary alicyclic amines) is 1. The van der Waals surface area contributed by atoms with Crippen LogP contribution in [0.3, 0.4) is 0 Å². The van der Waals surface area contributed by atoms with Crippen LogP contribution in [0.5, 0.6) is 0 Å². The largest absolute Gasteiger partial charge is 0.342 e. The van der Waals surface area contributed by atoms with E-state index in [9.17, 15) is 22.8 Å². The lowest BCUT2D eigenvalue weighted by atomic mass is 9.97. The van der Waals surface area contributed by atoms with Gasteiger partial charge in [-0.15, -0.1) is 0 Å². The van der Waals surface area contributed by atoms with Crippen LogP contribution < -0.4 is 16.2 Å². The summed E-state index contributed by atoms with van der Waals surface area (Å²) in [4.78, 5) is 37.3. The summed E-state index contributed by atoms with van der Waals surface area (Å²) in [6, 6.07) is 4.99. The molecule has 1 aromatic carbocycles. The topological polar surface area (TPSA) is 125 Å². The van der Waals surface area contributed by atoms with Gasteiger partial charge in [0, 0.05) is 31.5 Å². The first-order valence-corrected chi connectivity index (χ1v) is 10.0. The number of carbonyl (C=O) groups is 3. The Morgan fingerprint density at radius 2 is 1.85 bits per heavy atom. The average molecular weight is 382 g/mol. The van der Waals surface area contributed by atoms with Gasteiger partial charge in [-0.1, -0.05) is 0 Å². The van der Waals surface area contributed by atoms with Crippen LogP contribution in [0.4, 0.5) is 10.5 Å². The minimum atomic E-state index is -3.31. The lowest BCUT2D eigenvalue weighted by Crippen LogP contribution is -2.51. The number of benzene rings is 1. The Labute approximate surface area is 152 Å². The normalized spacial score (nSPS) is 17.5. The number of nitrogens with zero attached hydrogens (tertiary/aromatic N) is 1. The van der Waals surface area contributed by atoms with E-state index < -0.39 is 15.9 Å². The molecule has 1 unspecified atom stereocenters.